The van der Waals surface area contributed by atoms with E-state index in [0.717, 1.165) is 34.0 Å². The number of aromatic amines is 1. The Bertz CT molecular complexity index is 1010. The summed E-state index contributed by atoms with van der Waals surface area (Å²) in [5.41, 5.74) is 7.16. The molecule has 164 valence electrons. The van der Waals surface area contributed by atoms with Crippen molar-refractivity contribution in [1.29, 1.82) is 0 Å². The molecule has 0 unspecified atom stereocenters. The quantitative estimate of drug-likeness (QED) is 0.267. The summed E-state index contributed by atoms with van der Waals surface area (Å²) in [7, 11) is 0. The Kier molecular flexibility index (Phi) is 8.53. The molecule has 7 heteroatoms. The predicted molar refractivity (Wildman–Crippen MR) is 128 cm³/mol. The van der Waals surface area contributed by atoms with Crippen molar-refractivity contribution in [3.63, 3.8) is 0 Å². The van der Waals surface area contributed by atoms with Crippen LogP contribution in [0.3, 0.4) is 0 Å². The number of amides is 2. The first-order valence-corrected chi connectivity index (χ1v) is 11.5. The topological polar surface area (TPSA) is 77.2 Å². The molecule has 0 aliphatic carbocycles. The highest BCUT2D eigenvalue weighted by Gasteiger charge is 2.10. The van der Waals surface area contributed by atoms with Crippen LogP contribution >= 0.6 is 15.9 Å². The van der Waals surface area contributed by atoms with Gasteiger partial charge in [0.15, 0.2) is 0 Å². The van der Waals surface area contributed by atoms with Gasteiger partial charge in [0.1, 0.15) is 5.69 Å². The maximum atomic E-state index is 12.3. The monoisotopic (exact) mass is 484 g/mol. The van der Waals surface area contributed by atoms with Crippen LogP contribution in [0.4, 0.5) is 0 Å². The number of nitrogens with one attached hydrogen (secondary N) is 3. The molecule has 0 saturated heterocycles. The van der Waals surface area contributed by atoms with Gasteiger partial charge in [0.25, 0.3) is 11.8 Å². The van der Waals surface area contributed by atoms with Crippen LogP contribution in [-0.2, 0) is 4.79 Å². The van der Waals surface area contributed by atoms with Crippen molar-refractivity contribution in [3.8, 4) is 0 Å². The van der Waals surface area contributed by atoms with E-state index in [1.807, 2.05) is 30.4 Å². The third-order valence-electron chi connectivity index (χ3n) is 5.12. The molecule has 1 aliphatic heterocycles. The molecule has 3 N–H and O–H groups in total. The summed E-state index contributed by atoms with van der Waals surface area (Å²) in [6.45, 7) is 4.03. The van der Waals surface area contributed by atoms with Crippen LogP contribution in [0.25, 0.3) is 10.9 Å². The molecule has 0 saturated carbocycles. The zero-order chi connectivity index (χ0) is 22.1. The molecule has 0 fully saturated rings. The van der Waals surface area contributed by atoms with Gasteiger partial charge in [0.2, 0.25) is 0 Å². The Morgan fingerprint density at radius 3 is 2.84 bits per heavy atom. The summed E-state index contributed by atoms with van der Waals surface area (Å²) in [4.78, 5) is 29.7. The molecule has 31 heavy (non-hydrogen) atoms. The summed E-state index contributed by atoms with van der Waals surface area (Å²) in [5, 5.41) is 0.915. The first kappa shape index (κ1) is 22.9. The van der Waals surface area contributed by atoms with Crippen LogP contribution in [-0.4, -0.2) is 34.8 Å². The number of allylic oxidation sites excluding steroid dienone is 2. The number of nitrogens with zero attached hydrogens (tertiary/aromatic N) is 1. The van der Waals surface area contributed by atoms with Gasteiger partial charge in [-0.1, -0.05) is 60.7 Å². The van der Waals surface area contributed by atoms with Gasteiger partial charge >= 0.3 is 0 Å². The maximum Gasteiger partial charge on any atom is 0.286 e. The average molecular weight is 485 g/mol. The third-order valence-corrected chi connectivity index (χ3v) is 5.61. The zero-order valence-corrected chi connectivity index (χ0v) is 19.4. The molecule has 1 aromatic heterocycles. The Morgan fingerprint density at radius 2 is 2.00 bits per heavy atom. The van der Waals surface area contributed by atoms with Crippen LogP contribution in [0, 0.1) is 0 Å². The van der Waals surface area contributed by atoms with Crippen LogP contribution in [0.1, 0.15) is 49.5 Å². The van der Waals surface area contributed by atoms with E-state index in [4.69, 9.17) is 0 Å². The first-order valence-electron chi connectivity index (χ1n) is 10.7. The fraction of sp³-hybridized carbons (Fsp3) is 0.333. The van der Waals surface area contributed by atoms with Gasteiger partial charge in [-0.2, -0.15) is 0 Å². The van der Waals surface area contributed by atoms with E-state index >= 15 is 0 Å². The highest BCUT2D eigenvalue weighted by Crippen LogP contribution is 2.20. The normalized spacial score (nSPS) is 13.6. The number of rotatable bonds is 9. The Morgan fingerprint density at radius 1 is 1.16 bits per heavy atom. The van der Waals surface area contributed by atoms with E-state index < -0.39 is 5.91 Å². The first-order chi connectivity index (χ1) is 15.0. The van der Waals surface area contributed by atoms with E-state index in [1.165, 1.54) is 38.2 Å². The molecule has 0 spiro atoms. The van der Waals surface area contributed by atoms with Gasteiger partial charge in [0.05, 0.1) is 0 Å². The van der Waals surface area contributed by atoms with Gasteiger partial charge in [-0.05, 0) is 48.5 Å². The van der Waals surface area contributed by atoms with Crippen molar-refractivity contribution in [2.45, 2.75) is 39.0 Å². The summed E-state index contributed by atoms with van der Waals surface area (Å²) in [5.74, 6) is -0.781. The number of hydrogen-bond donors (Lipinski definition) is 3. The smallest absolute Gasteiger partial charge is 0.286 e. The number of unbranched alkanes of at least 4 members (excludes halogenated alkanes) is 4. The SMILES string of the molecule is CCCCCCCN1C=CC=C(/C=C/C(=O)NNC(=O)c2cc3cc(Br)ccc3[nH]2)C1. The molecule has 3 rings (SSSR count). The summed E-state index contributed by atoms with van der Waals surface area (Å²) < 4.78 is 0.936. The van der Waals surface area contributed by atoms with Crippen LogP contribution in [0.5, 0.6) is 0 Å². The molecule has 6 nitrogen and oxygen atoms in total. The van der Waals surface area contributed by atoms with Gasteiger partial charge in [0, 0.05) is 34.5 Å². The number of fused-ring (bicyclic) bond motifs is 1. The van der Waals surface area contributed by atoms with Crippen LogP contribution in [0.15, 0.2) is 64.8 Å². The highest BCUT2D eigenvalue weighted by atomic mass is 79.9. The van der Waals surface area contributed by atoms with Crippen molar-refractivity contribution in [3.05, 3.63) is 70.5 Å². The average Bonchev–Trinajstić information content (AvgIpc) is 3.19. The van der Waals surface area contributed by atoms with Gasteiger partial charge in [-0.3, -0.25) is 20.4 Å². The molecule has 0 bridgehead atoms. The number of carbonyl (C=O) groups is 2. The molecule has 2 heterocycles. The summed E-state index contributed by atoms with van der Waals surface area (Å²) in [6, 6.07) is 7.45. The molecular formula is C24H29BrN4O2. The molecule has 0 radical (unpaired) electrons. The lowest BCUT2D eigenvalue weighted by atomic mass is 10.1. The molecule has 0 atom stereocenters. The maximum absolute atomic E-state index is 12.3. The van der Waals surface area contributed by atoms with E-state index in [2.05, 4.69) is 49.8 Å². The fourth-order valence-corrected chi connectivity index (χ4v) is 3.82. The molecule has 1 aromatic carbocycles. The van der Waals surface area contributed by atoms with E-state index in [0.29, 0.717) is 5.69 Å². The van der Waals surface area contributed by atoms with E-state index in [1.54, 1.807) is 12.1 Å². The van der Waals surface area contributed by atoms with Gasteiger partial charge < -0.3 is 9.88 Å². The Balaban J connectivity index is 1.42. The molecule has 2 amide bonds. The summed E-state index contributed by atoms with van der Waals surface area (Å²) >= 11 is 3.41. The molecule has 2 aromatic rings. The van der Waals surface area contributed by atoms with Crippen molar-refractivity contribution >= 4 is 38.6 Å². The lowest BCUT2D eigenvalue weighted by Gasteiger charge is -2.23. The predicted octanol–water partition coefficient (Wildman–Crippen LogP) is 4.97. The minimum Gasteiger partial charge on any atom is -0.373 e. The fourth-order valence-electron chi connectivity index (χ4n) is 3.44. The second-order valence-electron chi connectivity index (χ2n) is 7.66. The lowest BCUT2D eigenvalue weighted by molar-refractivity contribution is -0.117. The van der Waals surface area contributed by atoms with Crippen LogP contribution < -0.4 is 10.9 Å². The third kappa shape index (κ3) is 7.14. The number of H-pyrrole nitrogens is 1. The largest absolute Gasteiger partial charge is 0.373 e. The number of carbonyl (C=O) groups excluding carboxylic acids is 2. The van der Waals surface area contributed by atoms with Crippen molar-refractivity contribution in [2.75, 3.05) is 13.1 Å². The van der Waals surface area contributed by atoms with Crippen molar-refractivity contribution < 1.29 is 9.59 Å². The van der Waals surface area contributed by atoms with E-state index in [9.17, 15) is 9.59 Å². The van der Waals surface area contributed by atoms with Crippen LogP contribution in [0.2, 0.25) is 0 Å². The second kappa shape index (κ2) is 11.6. The zero-order valence-electron chi connectivity index (χ0n) is 17.8. The minimum absolute atomic E-state index is 0.381. The highest BCUT2D eigenvalue weighted by molar-refractivity contribution is 9.10. The Labute approximate surface area is 191 Å². The second-order valence-corrected chi connectivity index (χ2v) is 8.57. The standard InChI is InChI=1S/C24H29BrN4O2/c1-2-3-4-5-6-13-29-14-7-8-18(17-29)9-12-23(30)27-28-24(31)22-16-19-15-20(25)10-11-21(19)26-22/h7-12,14-16,26H,2-6,13,17H2,1H3,(H,27,30)(H,28,31)/b12-9+. The van der Waals surface area contributed by atoms with Crippen molar-refractivity contribution in [2.24, 2.45) is 0 Å². The van der Waals surface area contributed by atoms with Gasteiger partial charge in [-0.25, -0.2) is 0 Å². The number of hydrogen-bond acceptors (Lipinski definition) is 3. The lowest BCUT2D eigenvalue weighted by Crippen LogP contribution is -2.41. The van der Waals surface area contributed by atoms with Crippen molar-refractivity contribution in [1.82, 2.24) is 20.7 Å². The van der Waals surface area contributed by atoms with E-state index in [-0.39, 0.29) is 5.91 Å². The van der Waals surface area contributed by atoms with Gasteiger partial charge in [-0.15, -0.1) is 0 Å². The minimum atomic E-state index is -0.400. The number of hydrazine groups is 1. The molecular weight excluding hydrogens is 456 g/mol. The Hall–Kier alpha value is -2.80. The number of benzene rings is 1. The number of aromatic nitrogens is 1. The summed E-state index contributed by atoms with van der Waals surface area (Å²) in [6.07, 6.45) is 15.6. The number of halogens is 1. The molecule has 1 aliphatic rings.